The number of hydrogen-bond donors (Lipinski definition) is 0. The summed E-state index contributed by atoms with van der Waals surface area (Å²) < 4.78 is 11.7. The van der Waals surface area contributed by atoms with Gasteiger partial charge in [-0.15, -0.1) is 0 Å². The van der Waals surface area contributed by atoms with Crippen molar-refractivity contribution in [1.29, 1.82) is 0 Å². The summed E-state index contributed by atoms with van der Waals surface area (Å²) in [6.07, 6.45) is 0. The molecule has 13 rings (SSSR count). The Balaban J connectivity index is 1.07. The topological polar surface area (TPSA) is 61.7 Å². The van der Waals surface area contributed by atoms with Crippen molar-refractivity contribution in [2.24, 2.45) is 0 Å². The van der Waals surface area contributed by atoms with Crippen molar-refractivity contribution in [3.8, 4) is 45.5 Å². The molecule has 0 fully saturated rings. The molecule has 0 atom stereocenters. The van der Waals surface area contributed by atoms with Gasteiger partial charge < -0.3 is 8.98 Å². The molecule has 60 heavy (non-hydrogen) atoms. The lowest BCUT2D eigenvalue weighted by molar-refractivity contribution is 0.660. The van der Waals surface area contributed by atoms with Gasteiger partial charge >= 0.3 is 0 Å². The Bertz CT molecular complexity index is 3700. The van der Waals surface area contributed by atoms with Crippen molar-refractivity contribution in [3.63, 3.8) is 0 Å². The minimum Gasteiger partial charge on any atom is -0.453 e. The molecule has 0 saturated heterocycles. The molecule has 6 heteroatoms. The third kappa shape index (κ3) is 4.50. The third-order valence-electron chi connectivity index (χ3n) is 12.8. The van der Waals surface area contributed by atoms with Crippen molar-refractivity contribution in [3.05, 3.63) is 187 Å². The molecule has 1 aliphatic rings. The van der Waals surface area contributed by atoms with E-state index < -0.39 is 0 Å². The highest BCUT2D eigenvalue weighted by Crippen LogP contribution is 2.51. The van der Waals surface area contributed by atoms with Gasteiger partial charge in [0, 0.05) is 43.3 Å². The van der Waals surface area contributed by atoms with Gasteiger partial charge in [0.05, 0.1) is 33.3 Å². The summed E-state index contributed by atoms with van der Waals surface area (Å²) in [7, 11) is 0. The van der Waals surface area contributed by atoms with Gasteiger partial charge in [0.15, 0.2) is 17.2 Å². The Morgan fingerprint density at radius 2 is 0.967 bits per heavy atom. The maximum absolute atomic E-state index is 7.16. The molecule has 0 saturated carbocycles. The zero-order valence-electron chi connectivity index (χ0n) is 32.9. The molecule has 1 aliphatic carbocycles. The molecule has 12 aromatic rings. The van der Waals surface area contributed by atoms with Gasteiger partial charge in [-0.05, 0) is 64.7 Å². The standard InChI is InChI=1S/C54H35N5O/c1-54(2)42-25-10-6-18-33(42)40-30-41-36-21-9-11-26-44(36)58(48(41)31-43(40)54)47-29-15-23-38-37-22-14-24-39(49(37)60-50(38)47)52-55-51(32-16-4-3-5-17-32)56-53(57-52)59-45-27-12-7-19-34(45)35-20-8-13-28-46(35)59/h3-31H,1-2H3. The fourth-order valence-electron chi connectivity index (χ4n) is 10.0. The highest BCUT2D eigenvalue weighted by atomic mass is 16.3. The molecular weight excluding hydrogens is 735 g/mol. The van der Waals surface area contributed by atoms with Crippen LogP contribution in [0, 0.1) is 0 Å². The lowest BCUT2D eigenvalue weighted by atomic mass is 9.82. The van der Waals surface area contributed by atoms with Crippen LogP contribution in [0.1, 0.15) is 25.0 Å². The second kappa shape index (κ2) is 12.1. The Labute approximate surface area is 344 Å². The summed E-state index contributed by atoms with van der Waals surface area (Å²) >= 11 is 0. The van der Waals surface area contributed by atoms with E-state index in [0.29, 0.717) is 17.6 Å². The number of fused-ring (bicyclic) bond motifs is 12. The quantitative estimate of drug-likeness (QED) is 0.179. The molecule has 0 radical (unpaired) electrons. The summed E-state index contributed by atoms with van der Waals surface area (Å²) in [6, 6.07) is 62.2. The van der Waals surface area contributed by atoms with Gasteiger partial charge in [-0.1, -0.05) is 147 Å². The molecule has 6 nitrogen and oxygen atoms in total. The zero-order chi connectivity index (χ0) is 39.7. The fraction of sp³-hybridized carbons (Fsp3) is 0.0556. The van der Waals surface area contributed by atoms with Gasteiger partial charge in [0.25, 0.3) is 0 Å². The van der Waals surface area contributed by atoms with E-state index in [1.807, 2.05) is 30.3 Å². The van der Waals surface area contributed by atoms with Crippen LogP contribution in [0.4, 0.5) is 0 Å². The van der Waals surface area contributed by atoms with Crippen LogP contribution < -0.4 is 0 Å². The molecule has 0 N–H and O–H groups in total. The highest BCUT2D eigenvalue weighted by molar-refractivity contribution is 6.15. The first kappa shape index (κ1) is 33.2. The van der Waals surface area contributed by atoms with E-state index in [0.717, 1.165) is 71.6 Å². The van der Waals surface area contributed by atoms with E-state index in [1.165, 1.54) is 33.0 Å². The van der Waals surface area contributed by atoms with E-state index in [2.05, 4.69) is 169 Å². The number of rotatable bonds is 4. The monoisotopic (exact) mass is 769 g/mol. The lowest BCUT2D eigenvalue weighted by Gasteiger charge is -2.21. The smallest absolute Gasteiger partial charge is 0.238 e. The Hall–Kier alpha value is -7.83. The molecule has 0 unspecified atom stereocenters. The largest absolute Gasteiger partial charge is 0.453 e. The van der Waals surface area contributed by atoms with Crippen LogP contribution in [0.3, 0.4) is 0 Å². The predicted molar refractivity (Wildman–Crippen MR) is 244 cm³/mol. The van der Waals surface area contributed by atoms with Crippen molar-refractivity contribution >= 4 is 65.6 Å². The zero-order valence-corrected chi connectivity index (χ0v) is 32.9. The van der Waals surface area contributed by atoms with Gasteiger partial charge in [0.1, 0.15) is 5.58 Å². The molecular formula is C54H35N5O. The normalized spacial score (nSPS) is 13.3. The first-order valence-electron chi connectivity index (χ1n) is 20.5. The van der Waals surface area contributed by atoms with E-state index in [4.69, 9.17) is 19.4 Å². The predicted octanol–water partition coefficient (Wildman–Crippen LogP) is 13.6. The summed E-state index contributed by atoms with van der Waals surface area (Å²) in [5.41, 5.74) is 13.8. The van der Waals surface area contributed by atoms with Gasteiger partial charge in [-0.25, -0.2) is 4.98 Å². The van der Waals surface area contributed by atoms with E-state index in [1.54, 1.807) is 0 Å². The first-order valence-corrected chi connectivity index (χ1v) is 20.5. The first-order chi connectivity index (χ1) is 29.5. The molecule has 8 aromatic carbocycles. The number of nitrogens with zero attached hydrogens (tertiary/aromatic N) is 5. The Morgan fingerprint density at radius 3 is 1.72 bits per heavy atom. The van der Waals surface area contributed by atoms with Crippen LogP contribution in [0.15, 0.2) is 180 Å². The molecule has 0 bridgehead atoms. The second-order valence-corrected chi connectivity index (χ2v) is 16.4. The number of hydrogen-bond acceptors (Lipinski definition) is 4. The molecule has 4 aromatic heterocycles. The van der Waals surface area contributed by atoms with Crippen molar-refractivity contribution in [2.75, 3.05) is 0 Å². The van der Waals surface area contributed by atoms with Crippen molar-refractivity contribution in [2.45, 2.75) is 19.3 Å². The maximum atomic E-state index is 7.16. The minimum atomic E-state index is -0.136. The van der Waals surface area contributed by atoms with Crippen molar-refractivity contribution in [1.82, 2.24) is 24.1 Å². The Morgan fingerprint density at radius 1 is 0.400 bits per heavy atom. The summed E-state index contributed by atoms with van der Waals surface area (Å²) in [5.74, 6) is 1.68. The van der Waals surface area contributed by atoms with Crippen LogP contribution in [-0.4, -0.2) is 24.1 Å². The highest BCUT2D eigenvalue weighted by Gasteiger charge is 2.36. The van der Waals surface area contributed by atoms with Crippen LogP contribution >= 0.6 is 0 Å². The molecule has 4 heterocycles. The molecule has 0 amide bonds. The average molecular weight is 770 g/mol. The van der Waals surface area contributed by atoms with E-state index in [9.17, 15) is 0 Å². The van der Waals surface area contributed by atoms with Crippen molar-refractivity contribution < 1.29 is 4.42 Å². The van der Waals surface area contributed by atoms with E-state index >= 15 is 0 Å². The summed E-state index contributed by atoms with van der Waals surface area (Å²) in [6.45, 7) is 4.68. The summed E-state index contributed by atoms with van der Waals surface area (Å²) in [5, 5.41) is 6.76. The second-order valence-electron chi connectivity index (χ2n) is 16.4. The van der Waals surface area contributed by atoms with Crippen LogP contribution in [0.25, 0.3) is 111 Å². The van der Waals surface area contributed by atoms with Crippen LogP contribution in [-0.2, 0) is 5.41 Å². The van der Waals surface area contributed by atoms with Crippen LogP contribution in [0.5, 0.6) is 0 Å². The van der Waals surface area contributed by atoms with Gasteiger partial charge in [-0.3, -0.25) is 4.57 Å². The molecule has 0 aliphatic heterocycles. The fourth-order valence-corrected chi connectivity index (χ4v) is 10.0. The minimum absolute atomic E-state index is 0.136. The molecule has 282 valence electrons. The lowest BCUT2D eigenvalue weighted by Crippen LogP contribution is -2.14. The van der Waals surface area contributed by atoms with Crippen LogP contribution in [0.2, 0.25) is 0 Å². The third-order valence-corrected chi connectivity index (χ3v) is 12.8. The van der Waals surface area contributed by atoms with Gasteiger partial charge in [-0.2, -0.15) is 9.97 Å². The summed E-state index contributed by atoms with van der Waals surface area (Å²) in [4.78, 5) is 15.6. The average Bonchev–Trinajstić information content (AvgIpc) is 4.01. The van der Waals surface area contributed by atoms with E-state index in [-0.39, 0.29) is 5.41 Å². The SMILES string of the molecule is CC1(C)c2ccccc2-c2cc3c4ccccc4n(-c4cccc5c4oc4c(-c6nc(-c7ccccc7)nc(-n7c8ccccc8c8ccccc87)n6)cccc45)c3cc21. The Kier molecular flexibility index (Phi) is 6.69. The number of benzene rings is 8. The maximum Gasteiger partial charge on any atom is 0.238 e. The number of aromatic nitrogens is 5. The molecule has 0 spiro atoms. The van der Waals surface area contributed by atoms with Gasteiger partial charge in [0.2, 0.25) is 5.95 Å². The number of furan rings is 1. The number of para-hydroxylation sites is 5.